The van der Waals surface area contributed by atoms with Crippen molar-refractivity contribution in [3.63, 3.8) is 0 Å². The van der Waals surface area contributed by atoms with Gasteiger partial charge in [-0.25, -0.2) is 0 Å². The van der Waals surface area contributed by atoms with Gasteiger partial charge in [-0.1, -0.05) is 12.1 Å². The molecule has 1 aliphatic rings. The van der Waals surface area contributed by atoms with Gasteiger partial charge in [0.25, 0.3) is 5.91 Å². The van der Waals surface area contributed by atoms with Crippen LogP contribution >= 0.6 is 0 Å². The molecular weight excluding hydrogens is 308 g/mol. The molecule has 2 aromatic rings. The summed E-state index contributed by atoms with van der Waals surface area (Å²) in [6.07, 6.45) is 0.201. The number of hydrogen-bond acceptors (Lipinski definition) is 4. The molecule has 2 amide bonds. The molecule has 0 unspecified atom stereocenters. The molecule has 0 fully saturated rings. The van der Waals surface area contributed by atoms with Crippen molar-refractivity contribution in [2.45, 2.75) is 6.42 Å². The zero-order chi connectivity index (χ0) is 17.1. The summed E-state index contributed by atoms with van der Waals surface area (Å²) in [4.78, 5) is 25.5. The molecule has 0 saturated carbocycles. The summed E-state index contributed by atoms with van der Waals surface area (Å²) in [7, 11) is 3.28. The molecule has 24 heavy (non-hydrogen) atoms. The predicted molar refractivity (Wildman–Crippen MR) is 90.7 cm³/mol. The molecule has 6 heteroatoms. The number of likely N-dealkylation sites (N-methyl/N-ethyl adjacent to an activating group) is 1. The highest BCUT2D eigenvalue weighted by Crippen LogP contribution is 2.32. The monoisotopic (exact) mass is 326 g/mol. The molecule has 0 spiro atoms. The number of hydrogen-bond donors (Lipinski definition) is 1. The fourth-order valence-corrected chi connectivity index (χ4v) is 2.52. The van der Waals surface area contributed by atoms with Gasteiger partial charge in [-0.05, 0) is 29.8 Å². The van der Waals surface area contributed by atoms with E-state index < -0.39 is 0 Å². The van der Waals surface area contributed by atoms with Crippen molar-refractivity contribution in [1.82, 2.24) is 0 Å². The first-order valence-electron chi connectivity index (χ1n) is 7.53. The Hall–Kier alpha value is -3.02. The fraction of sp³-hybridized carbons (Fsp3) is 0.222. The van der Waals surface area contributed by atoms with Crippen LogP contribution in [-0.4, -0.2) is 32.6 Å². The molecule has 1 heterocycles. The smallest absolute Gasteiger partial charge is 0.264 e. The van der Waals surface area contributed by atoms with E-state index >= 15 is 0 Å². The highest BCUT2D eigenvalue weighted by atomic mass is 16.5. The normalized spacial score (nSPS) is 13.1. The van der Waals surface area contributed by atoms with Crippen LogP contribution in [0.5, 0.6) is 11.5 Å². The van der Waals surface area contributed by atoms with Gasteiger partial charge < -0.3 is 19.7 Å². The van der Waals surface area contributed by atoms with Gasteiger partial charge >= 0.3 is 0 Å². The summed E-state index contributed by atoms with van der Waals surface area (Å²) < 4.78 is 10.5. The van der Waals surface area contributed by atoms with Gasteiger partial charge in [0.1, 0.15) is 11.5 Å². The Kier molecular flexibility index (Phi) is 4.37. The Bertz CT molecular complexity index is 788. The average Bonchev–Trinajstić information content (AvgIpc) is 2.58. The zero-order valence-electron chi connectivity index (χ0n) is 13.5. The van der Waals surface area contributed by atoms with Crippen molar-refractivity contribution in [1.29, 1.82) is 0 Å². The van der Waals surface area contributed by atoms with Crippen molar-refractivity contribution in [2.75, 3.05) is 31.0 Å². The van der Waals surface area contributed by atoms with Crippen LogP contribution in [0.25, 0.3) is 0 Å². The lowest BCUT2D eigenvalue weighted by molar-refractivity contribution is -0.121. The van der Waals surface area contributed by atoms with Crippen LogP contribution in [0.15, 0.2) is 42.5 Å². The van der Waals surface area contributed by atoms with E-state index in [1.165, 1.54) is 0 Å². The second-order valence-corrected chi connectivity index (χ2v) is 5.50. The molecule has 1 aliphatic heterocycles. The minimum absolute atomic E-state index is 0.0408. The lowest BCUT2D eigenvalue weighted by Gasteiger charge is -2.26. The number of carbonyl (C=O) groups is 2. The number of methoxy groups -OCH3 is 1. The molecule has 0 atom stereocenters. The molecule has 6 nitrogen and oxygen atoms in total. The lowest BCUT2D eigenvalue weighted by Crippen LogP contribution is -2.35. The van der Waals surface area contributed by atoms with Crippen molar-refractivity contribution < 1.29 is 19.1 Å². The number of ether oxygens (including phenoxy) is 2. The maximum absolute atomic E-state index is 12.2. The van der Waals surface area contributed by atoms with Gasteiger partial charge in [0.15, 0.2) is 6.61 Å². The van der Waals surface area contributed by atoms with E-state index in [-0.39, 0.29) is 24.8 Å². The summed E-state index contributed by atoms with van der Waals surface area (Å²) in [5, 5.41) is 2.83. The Labute approximate surface area is 140 Å². The summed E-state index contributed by atoms with van der Waals surface area (Å²) in [5.74, 6) is 1.07. The van der Waals surface area contributed by atoms with Crippen LogP contribution in [0.4, 0.5) is 11.4 Å². The first kappa shape index (κ1) is 15.9. The zero-order valence-corrected chi connectivity index (χ0v) is 13.5. The summed E-state index contributed by atoms with van der Waals surface area (Å²) in [5.41, 5.74) is 2.16. The van der Waals surface area contributed by atoms with Crippen molar-refractivity contribution in [3.8, 4) is 11.5 Å². The van der Waals surface area contributed by atoms with E-state index in [4.69, 9.17) is 9.47 Å². The molecule has 0 aliphatic carbocycles. The lowest BCUT2D eigenvalue weighted by atomic mass is 10.1. The van der Waals surface area contributed by atoms with Gasteiger partial charge in [-0.3, -0.25) is 9.59 Å². The van der Waals surface area contributed by atoms with E-state index in [2.05, 4.69) is 5.32 Å². The van der Waals surface area contributed by atoms with E-state index in [0.717, 1.165) is 5.56 Å². The minimum atomic E-state index is -0.145. The average molecular weight is 326 g/mol. The number of rotatable bonds is 4. The van der Waals surface area contributed by atoms with E-state index in [1.807, 2.05) is 18.2 Å². The molecule has 3 rings (SSSR count). The summed E-state index contributed by atoms with van der Waals surface area (Å²) in [6.45, 7) is 0.0408. The van der Waals surface area contributed by atoms with Gasteiger partial charge in [0.05, 0.1) is 19.2 Å². The third-order valence-corrected chi connectivity index (χ3v) is 3.83. The van der Waals surface area contributed by atoms with Crippen molar-refractivity contribution in [3.05, 3.63) is 48.0 Å². The van der Waals surface area contributed by atoms with Crippen molar-refractivity contribution >= 4 is 23.2 Å². The van der Waals surface area contributed by atoms with Crippen LogP contribution in [0.3, 0.4) is 0 Å². The van der Waals surface area contributed by atoms with Crippen molar-refractivity contribution in [2.24, 2.45) is 0 Å². The largest absolute Gasteiger partial charge is 0.497 e. The van der Waals surface area contributed by atoms with Crippen LogP contribution in [0.2, 0.25) is 0 Å². The number of fused-ring (bicyclic) bond motifs is 1. The first-order valence-corrected chi connectivity index (χ1v) is 7.53. The topological polar surface area (TPSA) is 67.9 Å². The molecule has 2 aromatic carbocycles. The van der Waals surface area contributed by atoms with Crippen LogP contribution in [-0.2, 0) is 16.0 Å². The second kappa shape index (κ2) is 6.62. The molecule has 0 radical (unpaired) electrons. The quantitative estimate of drug-likeness (QED) is 0.935. The number of nitrogens with one attached hydrogen (secondary N) is 1. The Balaban J connectivity index is 1.71. The fourth-order valence-electron chi connectivity index (χ4n) is 2.52. The summed E-state index contributed by atoms with van der Waals surface area (Å²) >= 11 is 0. The number of amides is 2. The Morgan fingerprint density at radius 3 is 2.92 bits per heavy atom. The van der Waals surface area contributed by atoms with Gasteiger partial charge in [0.2, 0.25) is 5.91 Å². The second-order valence-electron chi connectivity index (χ2n) is 5.50. The minimum Gasteiger partial charge on any atom is -0.497 e. The molecule has 124 valence electrons. The highest BCUT2D eigenvalue weighted by Gasteiger charge is 2.22. The maximum Gasteiger partial charge on any atom is 0.264 e. The molecule has 0 aromatic heterocycles. The summed E-state index contributed by atoms with van der Waals surface area (Å²) in [6, 6.07) is 12.6. The van der Waals surface area contributed by atoms with Gasteiger partial charge in [-0.2, -0.15) is 0 Å². The third kappa shape index (κ3) is 3.32. The molecule has 0 saturated heterocycles. The van der Waals surface area contributed by atoms with Crippen LogP contribution < -0.4 is 19.7 Å². The Morgan fingerprint density at radius 2 is 2.12 bits per heavy atom. The standard InChI is InChI=1S/C18H18N2O4/c1-20-15-8-12(6-7-16(15)24-11-18(20)22)9-17(21)19-13-4-3-5-14(10-13)23-2/h3-8,10H,9,11H2,1-2H3,(H,19,21). The van der Waals surface area contributed by atoms with Crippen LogP contribution in [0.1, 0.15) is 5.56 Å². The van der Waals surface area contributed by atoms with Crippen LogP contribution in [0, 0.1) is 0 Å². The first-order chi connectivity index (χ1) is 11.6. The van der Waals surface area contributed by atoms with E-state index in [9.17, 15) is 9.59 Å². The number of carbonyl (C=O) groups excluding carboxylic acids is 2. The highest BCUT2D eigenvalue weighted by molar-refractivity contribution is 5.98. The molecular formula is C18H18N2O4. The predicted octanol–water partition coefficient (Wildman–Crippen LogP) is 2.23. The SMILES string of the molecule is COc1cccc(NC(=O)Cc2ccc3c(c2)N(C)C(=O)CO3)c1. The number of anilines is 2. The van der Waals surface area contributed by atoms with Gasteiger partial charge in [0, 0.05) is 18.8 Å². The van der Waals surface area contributed by atoms with E-state index in [1.54, 1.807) is 43.3 Å². The Morgan fingerprint density at radius 1 is 1.29 bits per heavy atom. The molecule has 0 bridgehead atoms. The number of nitrogens with zero attached hydrogens (tertiary/aromatic N) is 1. The molecule has 1 N–H and O–H groups in total. The van der Waals surface area contributed by atoms with Gasteiger partial charge in [-0.15, -0.1) is 0 Å². The number of benzene rings is 2. The third-order valence-electron chi connectivity index (χ3n) is 3.83. The maximum atomic E-state index is 12.2. The van der Waals surface area contributed by atoms with E-state index in [0.29, 0.717) is 22.9 Å².